The number of amides is 4. The number of halogens is 1. The van der Waals surface area contributed by atoms with E-state index in [0.29, 0.717) is 5.69 Å². The number of hydrogen-bond donors (Lipinski definition) is 4. The molecule has 0 aliphatic rings. The van der Waals surface area contributed by atoms with Crippen LogP contribution < -0.4 is 26.2 Å². The first-order valence-corrected chi connectivity index (χ1v) is 8.50. The minimum Gasteiger partial charge on any atom is -0.478 e. The van der Waals surface area contributed by atoms with Gasteiger partial charge in [-0.25, -0.2) is 9.18 Å². The molecule has 2 rings (SSSR count). The van der Waals surface area contributed by atoms with Gasteiger partial charge < -0.3 is 15.4 Å². The molecule has 0 radical (unpaired) electrons. The summed E-state index contributed by atoms with van der Waals surface area (Å²) in [6.07, 6.45) is -1.05. The average molecular weight is 388 g/mol. The number of carbonyl (C=O) groups excluding carboxylic acids is 3. The van der Waals surface area contributed by atoms with Crippen molar-refractivity contribution in [3.63, 3.8) is 0 Å². The lowest BCUT2D eigenvalue weighted by Gasteiger charge is -2.18. The maximum Gasteiger partial charge on any atom is 0.319 e. The molecule has 2 aromatic carbocycles. The second kappa shape index (κ2) is 9.91. The Morgan fingerprint density at radius 3 is 2.18 bits per heavy atom. The summed E-state index contributed by atoms with van der Waals surface area (Å²) in [5, 5.41) is 5.00. The molecule has 28 heavy (non-hydrogen) atoms. The van der Waals surface area contributed by atoms with E-state index in [4.69, 9.17) is 4.74 Å². The Kier molecular flexibility index (Phi) is 7.32. The number of rotatable bonds is 6. The fraction of sp³-hybridized carbons (Fsp3) is 0.211. The molecule has 2 atom stereocenters. The summed E-state index contributed by atoms with van der Waals surface area (Å²) >= 11 is 0. The standard InChI is InChI=1S/C19H21FN4O4/c1-12(21-19(27)22-14-8-4-3-5-9-14)17(25)23-24-18(26)13(2)28-16-11-7-6-10-15(16)20/h3-13H,1-2H3,(H,23,25)(H,24,26)(H2,21,22,27). The van der Waals surface area contributed by atoms with E-state index in [0.717, 1.165) is 0 Å². The van der Waals surface area contributed by atoms with Crippen LogP contribution in [0.5, 0.6) is 5.75 Å². The molecule has 9 heteroatoms. The third-order valence-electron chi connectivity index (χ3n) is 3.59. The van der Waals surface area contributed by atoms with Gasteiger partial charge in [0.15, 0.2) is 17.7 Å². The molecule has 0 aromatic heterocycles. The van der Waals surface area contributed by atoms with Crippen LogP contribution in [0.1, 0.15) is 13.8 Å². The number of urea groups is 1. The predicted molar refractivity (Wildman–Crippen MR) is 101 cm³/mol. The summed E-state index contributed by atoms with van der Waals surface area (Å²) in [5.74, 6) is -2.01. The fourth-order valence-corrected chi connectivity index (χ4v) is 2.07. The molecule has 0 saturated heterocycles. The van der Waals surface area contributed by atoms with Crippen LogP contribution in [0, 0.1) is 5.82 Å². The molecule has 0 heterocycles. The second-order valence-corrected chi connectivity index (χ2v) is 5.86. The van der Waals surface area contributed by atoms with Crippen LogP contribution in [-0.4, -0.2) is 30.0 Å². The van der Waals surface area contributed by atoms with Gasteiger partial charge in [0.1, 0.15) is 6.04 Å². The van der Waals surface area contributed by atoms with Gasteiger partial charge in [-0.1, -0.05) is 30.3 Å². The highest BCUT2D eigenvalue weighted by atomic mass is 19.1. The van der Waals surface area contributed by atoms with Gasteiger partial charge in [0.2, 0.25) is 0 Å². The van der Waals surface area contributed by atoms with Crippen LogP contribution in [0.3, 0.4) is 0 Å². The van der Waals surface area contributed by atoms with Crippen molar-refractivity contribution >= 4 is 23.5 Å². The molecule has 148 valence electrons. The number of ether oxygens (including phenoxy) is 1. The van der Waals surface area contributed by atoms with E-state index in [-0.39, 0.29) is 5.75 Å². The highest BCUT2D eigenvalue weighted by Gasteiger charge is 2.20. The molecule has 2 unspecified atom stereocenters. The maximum absolute atomic E-state index is 13.5. The van der Waals surface area contributed by atoms with E-state index < -0.39 is 35.8 Å². The molecule has 0 spiro atoms. The molecule has 2 aromatic rings. The highest BCUT2D eigenvalue weighted by Crippen LogP contribution is 2.16. The maximum atomic E-state index is 13.5. The number of hydrazine groups is 1. The van der Waals surface area contributed by atoms with E-state index >= 15 is 0 Å². The third kappa shape index (κ3) is 6.27. The lowest BCUT2D eigenvalue weighted by Crippen LogP contribution is -2.53. The van der Waals surface area contributed by atoms with Crippen LogP contribution >= 0.6 is 0 Å². The van der Waals surface area contributed by atoms with Crippen LogP contribution in [0.2, 0.25) is 0 Å². The zero-order chi connectivity index (χ0) is 20.5. The number of para-hydroxylation sites is 2. The Morgan fingerprint density at radius 2 is 1.50 bits per heavy atom. The van der Waals surface area contributed by atoms with Gasteiger partial charge >= 0.3 is 6.03 Å². The minimum absolute atomic E-state index is 0.0795. The topological polar surface area (TPSA) is 109 Å². The van der Waals surface area contributed by atoms with E-state index in [1.807, 2.05) is 0 Å². The largest absolute Gasteiger partial charge is 0.478 e. The molecule has 0 saturated carbocycles. The summed E-state index contributed by atoms with van der Waals surface area (Å²) in [4.78, 5) is 35.8. The molecule has 0 aliphatic heterocycles. The molecular formula is C19H21FN4O4. The summed E-state index contributed by atoms with van der Waals surface area (Å²) in [7, 11) is 0. The minimum atomic E-state index is -1.05. The lowest BCUT2D eigenvalue weighted by molar-refractivity contribution is -0.133. The van der Waals surface area contributed by atoms with Crippen molar-refractivity contribution in [1.82, 2.24) is 16.2 Å². The molecule has 0 aliphatic carbocycles. The van der Waals surface area contributed by atoms with Gasteiger partial charge in [-0.2, -0.15) is 0 Å². The third-order valence-corrected chi connectivity index (χ3v) is 3.59. The Bertz CT molecular complexity index is 832. The lowest BCUT2D eigenvalue weighted by atomic mass is 10.3. The Balaban J connectivity index is 1.76. The van der Waals surface area contributed by atoms with Gasteiger partial charge in [-0.15, -0.1) is 0 Å². The molecule has 0 fully saturated rings. The molecule has 4 amide bonds. The second-order valence-electron chi connectivity index (χ2n) is 5.86. The zero-order valence-corrected chi connectivity index (χ0v) is 15.4. The SMILES string of the molecule is CC(NC(=O)Nc1ccccc1)C(=O)NNC(=O)C(C)Oc1ccccc1F. The first kappa shape index (κ1) is 20.7. The Hall–Kier alpha value is -3.62. The quantitative estimate of drug-likeness (QED) is 0.567. The molecule has 8 nitrogen and oxygen atoms in total. The van der Waals surface area contributed by atoms with Gasteiger partial charge in [0.05, 0.1) is 0 Å². The van der Waals surface area contributed by atoms with E-state index in [1.54, 1.807) is 36.4 Å². The Morgan fingerprint density at radius 1 is 0.893 bits per heavy atom. The van der Waals surface area contributed by atoms with Crippen molar-refractivity contribution in [2.45, 2.75) is 26.0 Å². The summed E-state index contributed by atoms with van der Waals surface area (Å²) < 4.78 is 18.8. The fourth-order valence-electron chi connectivity index (χ4n) is 2.07. The number of hydrogen-bond acceptors (Lipinski definition) is 4. The molecular weight excluding hydrogens is 367 g/mol. The van der Waals surface area contributed by atoms with Crippen molar-refractivity contribution in [3.05, 3.63) is 60.4 Å². The first-order chi connectivity index (χ1) is 13.4. The van der Waals surface area contributed by atoms with Crippen LogP contribution in [0.15, 0.2) is 54.6 Å². The van der Waals surface area contributed by atoms with Crippen molar-refractivity contribution in [3.8, 4) is 5.75 Å². The normalized spacial score (nSPS) is 12.2. The van der Waals surface area contributed by atoms with Crippen LogP contribution in [0.4, 0.5) is 14.9 Å². The summed E-state index contributed by atoms with van der Waals surface area (Å²) in [6, 6.07) is 12.9. The summed E-state index contributed by atoms with van der Waals surface area (Å²) in [6.45, 7) is 2.86. The highest BCUT2D eigenvalue weighted by molar-refractivity contribution is 5.94. The van der Waals surface area contributed by atoms with Crippen LogP contribution in [-0.2, 0) is 9.59 Å². The van der Waals surface area contributed by atoms with Crippen molar-refractivity contribution in [2.24, 2.45) is 0 Å². The van der Waals surface area contributed by atoms with Crippen molar-refractivity contribution in [2.75, 3.05) is 5.32 Å². The van der Waals surface area contributed by atoms with Gasteiger partial charge in [-0.3, -0.25) is 20.4 Å². The van der Waals surface area contributed by atoms with Gasteiger partial charge in [0.25, 0.3) is 11.8 Å². The summed E-state index contributed by atoms with van der Waals surface area (Å²) in [5.41, 5.74) is 4.92. The molecule has 4 N–H and O–H groups in total. The number of carbonyl (C=O) groups is 3. The monoisotopic (exact) mass is 388 g/mol. The average Bonchev–Trinajstić information content (AvgIpc) is 2.68. The van der Waals surface area contributed by atoms with Gasteiger partial charge in [0, 0.05) is 5.69 Å². The smallest absolute Gasteiger partial charge is 0.319 e. The predicted octanol–water partition coefficient (Wildman–Crippen LogP) is 1.95. The first-order valence-electron chi connectivity index (χ1n) is 8.50. The van der Waals surface area contributed by atoms with E-state index in [1.165, 1.54) is 32.0 Å². The van der Waals surface area contributed by atoms with E-state index in [9.17, 15) is 18.8 Å². The number of anilines is 1. The van der Waals surface area contributed by atoms with Crippen LogP contribution in [0.25, 0.3) is 0 Å². The Labute approximate surface area is 161 Å². The van der Waals surface area contributed by atoms with E-state index in [2.05, 4.69) is 21.5 Å². The zero-order valence-electron chi connectivity index (χ0n) is 15.4. The van der Waals surface area contributed by atoms with Crippen molar-refractivity contribution < 1.29 is 23.5 Å². The molecule has 0 bridgehead atoms. The number of nitrogens with one attached hydrogen (secondary N) is 4. The van der Waals surface area contributed by atoms with Crippen molar-refractivity contribution in [1.29, 1.82) is 0 Å². The van der Waals surface area contributed by atoms with Gasteiger partial charge in [-0.05, 0) is 38.1 Å². The number of benzene rings is 2.